The summed E-state index contributed by atoms with van der Waals surface area (Å²) in [5.41, 5.74) is 1.57. The van der Waals surface area contributed by atoms with Crippen LogP contribution in [0.1, 0.15) is 11.1 Å². The van der Waals surface area contributed by atoms with Gasteiger partial charge >= 0.3 is 6.03 Å². The van der Waals surface area contributed by atoms with Crippen LogP contribution in [0.15, 0.2) is 54.7 Å². The number of benzene rings is 2. The van der Waals surface area contributed by atoms with Crippen LogP contribution in [0.25, 0.3) is 6.08 Å². The van der Waals surface area contributed by atoms with Crippen molar-refractivity contribution in [1.82, 2.24) is 10.6 Å². The standard InChI is InChI=1S/C16H14F2N2O/c17-14-5-1-12(2-6-14)9-10-19-16(21)20-11-13-3-7-15(18)8-4-13/h1-10H,11H2,(H2,19,20,21)/b10-9+. The van der Waals surface area contributed by atoms with Gasteiger partial charge in [0.15, 0.2) is 0 Å². The van der Waals surface area contributed by atoms with E-state index < -0.39 is 0 Å². The van der Waals surface area contributed by atoms with Crippen molar-refractivity contribution in [3.05, 3.63) is 77.5 Å². The van der Waals surface area contributed by atoms with Crippen LogP contribution in [0.3, 0.4) is 0 Å². The highest BCUT2D eigenvalue weighted by atomic mass is 19.1. The fraction of sp³-hybridized carbons (Fsp3) is 0.0625. The predicted octanol–water partition coefficient (Wildman–Crippen LogP) is 3.43. The molecule has 2 aromatic rings. The van der Waals surface area contributed by atoms with Gasteiger partial charge in [0.05, 0.1) is 0 Å². The first-order chi connectivity index (χ1) is 10.1. The third kappa shape index (κ3) is 5.06. The summed E-state index contributed by atoms with van der Waals surface area (Å²) in [4.78, 5) is 11.5. The summed E-state index contributed by atoms with van der Waals surface area (Å²) in [6.45, 7) is 0.302. The van der Waals surface area contributed by atoms with Gasteiger partial charge in [-0.25, -0.2) is 13.6 Å². The van der Waals surface area contributed by atoms with E-state index in [1.54, 1.807) is 30.3 Å². The van der Waals surface area contributed by atoms with Crippen LogP contribution in [0.4, 0.5) is 13.6 Å². The number of halogens is 2. The van der Waals surface area contributed by atoms with E-state index in [1.165, 1.54) is 30.5 Å². The Morgan fingerprint density at radius 3 is 2.14 bits per heavy atom. The predicted molar refractivity (Wildman–Crippen MR) is 77.2 cm³/mol. The molecule has 0 unspecified atom stereocenters. The fourth-order valence-electron chi connectivity index (χ4n) is 1.62. The van der Waals surface area contributed by atoms with Gasteiger partial charge in [-0.15, -0.1) is 0 Å². The van der Waals surface area contributed by atoms with Gasteiger partial charge in [-0.3, -0.25) is 0 Å². The second kappa shape index (κ2) is 7.19. The first-order valence-corrected chi connectivity index (χ1v) is 6.34. The number of hydrogen-bond donors (Lipinski definition) is 2. The maximum absolute atomic E-state index is 12.7. The van der Waals surface area contributed by atoms with Crippen LogP contribution < -0.4 is 10.6 Å². The van der Waals surface area contributed by atoms with Gasteiger partial charge in [0.1, 0.15) is 11.6 Å². The third-order valence-corrected chi connectivity index (χ3v) is 2.73. The Bertz CT molecular complexity index is 622. The SMILES string of the molecule is O=C(N/C=C/c1ccc(F)cc1)NCc1ccc(F)cc1. The molecule has 0 aliphatic rings. The summed E-state index contributed by atoms with van der Waals surface area (Å²) in [6, 6.07) is 11.4. The van der Waals surface area contributed by atoms with E-state index in [-0.39, 0.29) is 17.7 Å². The number of carbonyl (C=O) groups is 1. The van der Waals surface area contributed by atoms with Crippen molar-refractivity contribution in [3.63, 3.8) is 0 Å². The molecule has 0 aliphatic heterocycles. The van der Waals surface area contributed by atoms with Gasteiger partial charge in [-0.2, -0.15) is 0 Å². The Morgan fingerprint density at radius 2 is 1.52 bits per heavy atom. The highest BCUT2D eigenvalue weighted by Gasteiger charge is 1.98. The van der Waals surface area contributed by atoms with E-state index in [2.05, 4.69) is 10.6 Å². The van der Waals surface area contributed by atoms with Crippen LogP contribution in [-0.4, -0.2) is 6.03 Å². The lowest BCUT2D eigenvalue weighted by Gasteiger charge is -2.04. The summed E-state index contributed by atoms with van der Waals surface area (Å²) in [5.74, 6) is -0.623. The molecule has 108 valence electrons. The first-order valence-electron chi connectivity index (χ1n) is 6.34. The molecule has 0 spiro atoms. The Balaban J connectivity index is 1.77. The summed E-state index contributed by atoms with van der Waals surface area (Å²) in [6.07, 6.45) is 3.12. The van der Waals surface area contributed by atoms with Crippen molar-refractivity contribution < 1.29 is 13.6 Å². The molecule has 0 heterocycles. The van der Waals surface area contributed by atoms with Gasteiger partial charge in [-0.05, 0) is 41.5 Å². The minimum atomic E-state index is -0.377. The molecule has 0 fully saturated rings. The number of urea groups is 1. The maximum atomic E-state index is 12.7. The lowest BCUT2D eigenvalue weighted by atomic mass is 10.2. The summed E-state index contributed by atoms with van der Waals surface area (Å²) in [7, 11) is 0. The summed E-state index contributed by atoms with van der Waals surface area (Å²) < 4.78 is 25.4. The Hall–Kier alpha value is -2.69. The molecule has 2 aromatic carbocycles. The van der Waals surface area contributed by atoms with Gasteiger partial charge in [0.2, 0.25) is 0 Å². The molecular weight excluding hydrogens is 274 g/mol. The van der Waals surface area contributed by atoms with Crippen LogP contribution >= 0.6 is 0 Å². The molecule has 0 bridgehead atoms. The molecule has 3 nitrogen and oxygen atoms in total. The highest BCUT2D eigenvalue weighted by Crippen LogP contribution is 2.04. The van der Waals surface area contributed by atoms with E-state index in [9.17, 15) is 13.6 Å². The van der Waals surface area contributed by atoms with Gasteiger partial charge in [-0.1, -0.05) is 24.3 Å². The second-order valence-electron chi connectivity index (χ2n) is 4.34. The van der Waals surface area contributed by atoms with Crippen LogP contribution in [0.2, 0.25) is 0 Å². The molecule has 2 N–H and O–H groups in total. The first kappa shape index (κ1) is 14.7. The molecule has 0 saturated heterocycles. The van der Waals surface area contributed by atoms with E-state index in [0.717, 1.165) is 11.1 Å². The van der Waals surface area contributed by atoms with Crippen molar-refractivity contribution in [2.24, 2.45) is 0 Å². The van der Waals surface area contributed by atoms with Crippen molar-refractivity contribution in [2.45, 2.75) is 6.54 Å². The largest absolute Gasteiger partial charge is 0.334 e. The van der Waals surface area contributed by atoms with E-state index in [1.807, 2.05) is 0 Å². The van der Waals surface area contributed by atoms with Crippen molar-refractivity contribution >= 4 is 12.1 Å². The summed E-state index contributed by atoms with van der Waals surface area (Å²) in [5, 5.41) is 5.16. The maximum Gasteiger partial charge on any atom is 0.319 e. The van der Waals surface area contributed by atoms with Gasteiger partial charge in [0.25, 0.3) is 0 Å². The van der Waals surface area contributed by atoms with Crippen molar-refractivity contribution in [2.75, 3.05) is 0 Å². The quantitative estimate of drug-likeness (QED) is 0.889. The highest BCUT2D eigenvalue weighted by molar-refractivity contribution is 5.75. The Labute approximate surface area is 121 Å². The number of rotatable bonds is 4. The van der Waals surface area contributed by atoms with Crippen LogP contribution in [0, 0.1) is 11.6 Å². The smallest absolute Gasteiger partial charge is 0.319 e. The molecule has 0 radical (unpaired) electrons. The number of amides is 2. The monoisotopic (exact) mass is 288 g/mol. The van der Waals surface area contributed by atoms with Crippen molar-refractivity contribution in [3.8, 4) is 0 Å². The zero-order valence-corrected chi connectivity index (χ0v) is 11.1. The normalized spacial score (nSPS) is 10.6. The molecule has 0 aliphatic carbocycles. The third-order valence-electron chi connectivity index (χ3n) is 2.73. The molecule has 0 atom stereocenters. The molecule has 2 amide bonds. The molecule has 0 aromatic heterocycles. The lowest BCUT2D eigenvalue weighted by molar-refractivity contribution is 0.244. The van der Waals surface area contributed by atoms with Crippen LogP contribution in [0.5, 0.6) is 0 Å². The van der Waals surface area contributed by atoms with Gasteiger partial charge in [0, 0.05) is 12.7 Å². The molecule has 2 rings (SSSR count). The number of hydrogen-bond acceptors (Lipinski definition) is 1. The average Bonchev–Trinajstić information content (AvgIpc) is 2.49. The average molecular weight is 288 g/mol. The van der Waals surface area contributed by atoms with E-state index in [0.29, 0.717) is 6.54 Å². The Morgan fingerprint density at radius 1 is 0.952 bits per heavy atom. The molecule has 0 saturated carbocycles. The lowest BCUT2D eigenvalue weighted by Crippen LogP contribution is -2.31. The topological polar surface area (TPSA) is 41.1 Å². The zero-order valence-electron chi connectivity index (χ0n) is 11.1. The molecule has 21 heavy (non-hydrogen) atoms. The zero-order chi connectivity index (χ0) is 15.1. The minimum absolute atomic E-state index is 0.302. The second-order valence-corrected chi connectivity index (χ2v) is 4.34. The molecular formula is C16H14F2N2O. The van der Waals surface area contributed by atoms with Crippen LogP contribution in [-0.2, 0) is 6.54 Å². The van der Waals surface area contributed by atoms with E-state index >= 15 is 0 Å². The minimum Gasteiger partial charge on any atom is -0.334 e. The summed E-state index contributed by atoms with van der Waals surface area (Å²) >= 11 is 0. The Kier molecular flexibility index (Phi) is 5.04. The van der Waals surface area contributed by atoms with Gasteiger partial charge < -0.3 is 10.6 Å². The number of nitrogens with one attached hydrogen (secondary N) is 2. The fourth-order valence-corrected chi connectivity index (χ4v) is 1.62. The molecule has 5 heteroatoms. The van der Waals surface area contributed by atoms with Crippen molar-refractivity contribution in [1.29, 1.82) is 0 Å². The van der Waals surface area contributed by atoms with E-state index in [4.69, 9.17) is 0 Å². The number of carbonyl (C=O) groups excluding carboxylic acids is 1.